The van der Waals surface area contributed by atoms with Gasteiger partial charge in [0.1, 0.15) is 5.52 Å². The Hall–Kier alpha value is -1.32. The molecule has 0 aliphatic rings. The van der Waals surface area contributed by atoms with Gasteiger partial charge in [0, 0.05) is 11.4 Å². The molecule has 0 saturated carbocycles. The Morgan fingerprint density at radius 2 is 1.82 bits per heavy atom. The first-order chi connectivity index (χ1) is 13.7. The number of halogens is 1. The van der Waals surface area contributed by atoms with Crippen LogP contribution in [0.3, 0.4) is 0 Å². The van der Waals surface area contributed by atoms with Gasteiger partial charge in [-0.1, -0.05) is 75.6 Å². The van der Waals surface area contributed by atoms with Crippen LogP contribution >= 0.6 is 11.6 Å². The number of hydrogen-bond donors (Lipinski definition) is 1. The van der Waals surface area contributed by atoms with E-state index in [4.69, 9.17) is 16.0 Å². The fraction of sp³-hybridized carbons (Fsp3) is 0.625. The maximum Gasteiger partial charge on any atom is 0.195 e. The summed E-state index contributed by atoms with van der Waals surface area (Å²) >= 11 is 5.98. The lowest BCUT2D eigenvalue weighted by Gasteiger charge is -2.07. The van der Waals surface area contributed by atoms with Gasteiger partial charge in [0.15, 0.2) is 11.5 Å². The second-order valence-corrected chi connectivity index (χ2v) is 8.17. The summed E-state index contributed by atoms with van der Waals surface area (Å²) in [6.45, 7) is 2.22. The van der Waals surface area contributed by atoms with Crippen molar-refractivity contribution in [3.63, 3.8) is 0 Å². The summed E-state index contributed by atoms with van der Waals surface area (Å²) in [5.41, 5.74) is 1.66. The second kappa shape index (κ2) is 13.8. The van der Waals surface area contributed by atoms with Gasteiger partial charge in [-0.25, -0.2) is 4.98 Å². The van der Waals surface area contributed by atoms with E-state index in [0.29, 0.717) is 5.02 Å². The highest BCUT2D eigenvalue weighted by Crippen LogP contribution is 2.21. The Morgan fingerprint density at radius 1 is 1.04 bits per heavy atom. The minimum atomic E-state index is -0.156. The number of hydrogen-bond acceptors (Lipinski definition) is 3. The van der Waals surface area contributed by atoms with E-state index in [0.717, 1.165) is 55.5 Å². The molecular weight excluding hydrogens is 370 g/mol. The zero-order chi connectivity index (χ0) is 20.0. The van der Waals surface area contributed by atoms with Crippen molar-refractivity contribution in [3.8, 4) is 0 Å². The minimum Gasteiger partial charge on any atom is -0.441 e. The number of unbranched alkanes of at least 4 members (excludes halogenated alkanes) is 8. The maximum atomic E-state index is 9.93. The number of oxazole rings is 1. The van der Waals surface area contributed by atoms with Gasteiger partial charge in [-0.2, -0.15) is 0 Å². The number of benzene rings is 1. The summed E-state index contributed by atoms with van der Waals surface area (Å²) in [4.78, 5) is 4.50. The van der Waals surface area contributed by atoms with Crippen molar-refractivity contribution < 1.29 is 9.52 Å². The highest BCUT2D eigenvalue weighted by Gasteiger charge is 2.06. The van der Waals surface area contributed by atoms with Gasteiger partial charge in [-0.05, 0) is 50.3 Å². The standard InChI is InChI=1S/C24H36ClNO2/c1-2-3-4-11-14-21(27)15-12-9-7-5-6-8-10-13-16-24-26-22-19-20(25)17-18-23(22)28-24/h9,12,17-19,21,27H,2-8,10-11,13-16H2,1H3/b12-9-/t21-/m1/s1. The average Bonchev–Trinajstić information content (AvgIpc) is 3.08. The zero-order valence-electron chi connectivity index (χ0n) is 17.3. The van der Waals surface area contributed by atoms with Crippen LogP contribution in [0.25, 0.3) is 11.1 Å². The number of aliphatic hydroxyl groups excluding tert-OH is 1. The van der Waals surface area contributed by atoms with E-state index < -0.39 is 0 Å². The zero-order valence-corrected chi connectivity index (χ0v) is 18.1. The van der Waals surface area contributed by atoms with Gasteiger partial charge >= 0.3 is 0 Å². The van der Waals surface area contributed by atoms with Gasteiger partial charge in [-0.15, -0.1) is 0 Å². The first-order valence-corrected chi connectivity index (χ1v) is 11.4. The van der Waals surface area contributed by atoms with Crippen LogP contribution in [0.2, 0.25) is 5.02 Å². The summed E-state index contributed by atoms with van der Waals surface area (Å²) in [5.74, 6) is 0.813. The average molecular weight is 406 g/mol. The molecule has 0 amide bonds. The fourth-order valence-corrected chi connectivity index (χ4v) is 3.59. The van der Waals surface area contributed by atoms with Crippen molar-refractivity contribution in [2.75, 3.05) is 0 Å². The van der Waals surface area contributed by atoms with Crippen LogP contribution in [-0.2, 0) is 6.42 Å². The third-order valence-electron chi connectivity index (χ3n) is 5.12. The minimum absolute atomic E-state index is 0.156. The third-order valence-corrected chi connectivity index (χ3v) is 5.36. The van der Waals surface area contributed by atoms with Crippen LogP contribution in [0, 0.1) is 0 Å². The van der Waals surface area contributed by atoms with Crippen LogP contribution in [0.1, 0.15) is 89.9 Å². The number of fused-ring (bicyclic) bond motifs is 1. The lowest BCUT2D eigenvalue weighted by Crippen LogP contribution is -2.04. The van der Waals surface area contributed by atoms with E-state index >= 15 is 0 Å². The molecule has 1 N–H and O–H groups in total. The molecule has 2 aromatic rings. The molecule has 4 heteroatoms. The van der Waals surface area contributed by atoms with Crippen LogP contribution in [0.15, 0.2) is 34.8 Å². The smallest absolute Gasteiger partial charge is 0.195 e. The number of aryl methyl sites for hydroxylation is 1. The van der Waals surface area contributed by atoms with Crippen LogP contribution in [-0.4, -0.2) is 16.2 Å². The molecule has 3 nitrogen and oxygen atoms in total. The first-order valence-electron chi connectivity index (χ1n) is 11.1. The molecule has 1 aromatic carbocycles. The lowest BCUT2D eigenvalue weighted by molar-refractivity contribution is 0.163. The predicted molar refractivity (Wildman–Crippen MR) is 119 cm³/mol. The van der Waals surface area contributed by atoms with Crippen molar-refractivity contribution in [3.05, 3.63) is 41.3 Å². The normalized spacial score (nSPS) is 13.0. The van der Waals surface area contributed by atoms with E-state index in [1.807, 2.05) is 18.2 Å². The summed E-state index contributed by atoms with van der Waals surface area (Å²) in [6.07, 6.45) is 19.0. The van der Waals surface area contributed by atoms with E-state index in [1.165, 1.54) is 44.9 Å². The molecule has 0 aliphatic carbocycles. The number of allylic oxidation sites excluding steroid dienone is 1. The molecular formula is C24H36ClNO2. The highest BCUT2D eigenvalue weighted by atomic mass is 35.5. The SMILES string of the molecule is CCCCCC[C@@H](O)C/C=C\CCCCCCCc1nc2cc(Cl)ccc2o1. The van der Waals surface area contributed by atoms with E-state index in [9.17, 15) is 5.11 Å². The van der Waals surface area contributed by atoms with Crippen LogP contribution < -0.4 is 0 Å². The number of aromatic nitrogens is 1. The predicted octanol–water partition coefficient (Wildman–Crippen LogP) is 7.64. The second-order valence-electron chi connectivity index (χ2n) is 7.74. The fourth-order valence-electron chi connectivity index (χ4n) is 3.42. The molecule has 0 saturated heterocycles. The van der Waals surface area contributed by atoms with Gasteiger partial charge in [0.25, 0.3) is 0 Å². The van der Waals surface area contributed by atoms with Crippen LogP contribution in [0.4, 0.5) is 0 Å². The molecule has 0 spiro atoms. The molecule has 156 valence electrons. The summed E-state index contributed by atoms with van der Waals surface area (Å²) in [5, 5.41) is 10.6. The Labute approximate surface area is 175 Å². The molecule has 1 atom stereocenters. The van der Waals surface area contributed by atoms with Gasteiger partial charge in [0.05, 0.1) is 6.10 Å². The first kappa shape index (κ1) is 23.0. The molecule has 0 bridgehead atoms. The Balaban J connectivity index is 1.45. The van der Waals surface area contributed by atoms with E-state index in [2.05, 4.69) is 24.1 Å². The number of rotatable bonds is 15. The Bertz CT molecular complexity index is 695. The molecule has 0 fully saturated rings. The van der Waals surface area contributed by atoms with Crippen LogP contribution in [0.5, 0.6) is 0 Å². The third kappa shape index (κ3) is 9.25. The van der Waals surface area contributed by atoms with E-state index in [1.54, 1.807) is 0 Å². The molecule has 1 aromatic heterocycles. The van der Waals surface area contributed by atoms with Crippen molar-refractivity contribution in [2.24, 2.45) is 0 Å². The summed E-state index contributed by atoms with van der Waals surface area (Å²) in [7, 11) is 0. The summed E-state index contributed by atoms with van der Waals surface area (Å²) < 4.78 is 5.75. The molecule has 0 aliphatic heterocycles. The number of nitrogens with zero attached hydrogens (tertiary/aromatic N) is 1. The van der Waals surface area contributed by atoms with Crippen molar-refractivity contribution in [1.82, 2.24) is 4.98 Å². The summed E-state index contributed by atoms with van der Waals surface area (Å²) in [6, 6.07) is 5.57. The van der Waals surface area contributed by atoms with Gasteiger partial charge in [-0.3, -0.25) is 0 Å². The molecule has 0 unspecified atom stereocenters. The largest absolute Gasteiger partial charge is 0.441 e. The Kier molecular flexibility index (Phi) is 11.3. The van der Waals surface area contributed by atoms with Gasteiger partial charge in [0.2, 0.25) is 0 Å². The number of aliphatic hydroxyl groups is 1. The van der Waals surface area contributed by atoms with Crippen molar-refractivity contribution in [2.45, 2.75) is 96.5 Å². The van der Waals surface area contributed by atoms with Gasteiger partial charge < -0.3 is 9.52 Å². The maximum absolute atomic E-state index is 9.93. The quantitative estimate of drug-likeness (QED) is 0.244. The lowest BCUT2D eigenvalue weighted by atomic mass is 10.1. The monoisotopic (exact) mass is 405 g/mol. The highest BCUT2D eigenvalue weighted by molar-refractivity contribution is 6.31. The topological polar surface area (TPSA) is 46.3 Å². The Morgan fingerprint density at radius 3 is 2.68 bits per heavy atom. The molecule has 28 heavy (non-hydrogen) atoms. The molecule has 0 radical (unpaired) electrons. The molecule has 2 rings (SSSR count). The van der Waals surface area contributed by atoms with Crippen molar-refractivity contribution >= 4 is 22.7 Å². The van der Waals surface area contributed by atoms with Crippen molar-refractivity contribution in [1.29, 1.82) is 0 Å². The van der Waals surface area contributed by atoms with E-state index in [-0.39, 0.29) is 6.10 Å². The molecule has 1 heterocycles.